The number of hydrogen-bond acceptors (Lipinski definition) is 5. The minimum absolute atomic E-state index is 0.0260. The van der Waals surface area contributed by atoms with Crippen LogP contribution in [0.2, 0.25) is 0 Å². The van der Waals surface area contributed by atoms with Crippen LogP contribution in [0.5, 0.6) is 0 Å². The van der Waals surface area contributed by atoms with E-state index in [9.17, 15) is 14.4 Å². The fourth-order valence-corrected chi connectivity index (χ4v) is 3.16. The van der Waals surface area contributed by atoms with E-state index in [0.29, 0.717) is 23.4 Å². The number of nitrogens with one attached hydrogen (secondary N) is 2. The second kappa shape index (κ2) is 11.3. The largest absolute Gasteiger partial charge is 0.460 e. The summed E-state index contributed by atoms with van der Waals surface area (Å²) in [6, 6.07) is 6.15. The Bertz CT molecular complexity index is 788. The molecule has 0 saturated carbocycles. The number of methoxy groups -OCH3 is 1. The maximum atomic E-state index is 12.7. The average Bonchev–Trinajstić information content (AvgIpc) is 2.72. The molecule has 0 saturated heterocycles. The average molecular weight is 418 g/mol. The third-order valence-corrected chi connectivity index (χ3v) is 5.03. The van der Waals surface area contributed by atoms with Gasteiger partial charge in [0.15, 0.2) is 0 Å². The van der Waals surface area contributed by atoms with Crippen LogP contribution in [0.3, 0.4) is 0 Å². The van der Waals surface area contributed by atoms with Crippen molar-refractivity contribution in [3.8, 4) is 0 Å². The van der Waals surface area contributed by atoms with E-state index in [4.69, 9.17) is 9.47 Å². The number of ether oxygens (including phenoxy) is 2. The third kappa shape index (κ3) is 6.06. The van der Waals surface area contributed by atoms with E-state index in [-0.39, 0.29) is 25.2 Å². The summed E-state index contributed by atoms with van der Waals surface area (Å²) in [6.07, 6.45) is 3.44. The first kappa shape index (κ1) is 23.4. The number of esters is 1. The van der Waals surface area contributed by atoms with Gasteiger partial charge in [-0.15, -0.1) is 0 Å². The van der Waals surface area contributed by atoms with Gasteiger partial charge in [-0.2, -0.15) is 0 Å². The van der Waals surface area contributed by atoms with Crippen molar-refractivity contribution < 1.29 is 23.9 Å². The third-order valence-electron chi connectivity index (χ3n) is 5.03. The molecule has 2 rings (SSSR count). The Labute approximate surface area is 177 Å². The molecule has 8 heteroatoms. The van der Waals surface area contributed by atoms with Gasteiger partial charge in [-0.05, 0) is 31.0 Å². The van der Waals surface area contributed by atoms with Crippen LogP contribution >= 0.6 is 0 Å². The zero-order valence-electron chi connectivity index (χ0n) is 18.1. The number of hydrogen-bond donors (Lipinski definition) is 2. The van der Waals surface area contributed by atoms with Crippen molar-refractivity contribution in [2.24, 2.45) is 0 Å². The van der Waals surface area contributed by atoms with Crippen LogP contribution in [0.1, 0.15) is 51.1 Å². The molecule has 1 heterocycles. The van der Waals surface area contributed by atoms with E-state index in [2.05, 4.69) is 17.6 Å². The first-order chi connectivity index (χ1) is 14.4. The summed E-state index contributed by atoms with van der Waals surface area (Å²) in [7, 11) is 3.13. The van der Waals surface area contributed by atoms with Crippen LogP contribution in [-0.2, 0) is 19.1 Å². The van der Waals surface area contributed by atoms with Gasteiger partial charge in [-0.1, -0.05) is 31.9 Å². The SMILES string of the molecule is CCCCCC(=O)Nc1ccc([C@H]2NC(=O)N(C)C(C)=C2C(=O)OCCOC)cc1. The molecule has 1 aromatic carbocycles. The molecule has 30 heavy (non-hydrogen) atoms. The molecule has 164 valence electrons. The van der Waals surface area contributed by atoms with E-state index < -0.39 is 12.0 Å². The number of anilines is 1. The molecule has 2 N–H and O–H groups in total. The highest BCUT2D eigenvalue weighted by molar-refractivity contribution is 5.95. The standard InChI is InChI=1S/C22H31N3O5/c1-5-6-7-8-18(26)23-17-11-9-16(10-12-17)20-19(21(27)30-14-13-29-4)15(2)25(3)22(28)24-20/h9-12,20H,5-8,13-14H2,1-4H3,(H,23,26)(H,24,28)/t20-/m1/s1. The lowest BCUT2D eigenvalue weighted by molar-refractivity contribution is -0.140. The van der Waals surface area contributed by atoms with Crippen LogP contribution in [-0.4, -0.2) is 50.2 Å². The number of urea groups is 1. The van der Waals surface area contributed by atoms with Crippen LogP contribution in [0.25, 0.3) is 0 Å². The minimum atomic E-state index is -0.641. The zero-order chi connectivity index (χ0) is 22.1. The summed E-state index contributed by atoms with van der Waals surface area (Å²) in [4.78, 5) is 38.4. The van der Waals surface area contributed by atoms with Crippen LogP contribution in [0, 0.1) is 0 Å². The molecule has 1 aliphatic rings. The van der Waals surface area contributed by atoms with Gasteiger partial charge in [0, 0.05) is 32.0 Å². The Hall–Kier alpha value is -2.87. The molecule has 8 nitrogen and oxygen atoms in total. The zero-order valence-corrected chi connectivity index (χ0v) is 18.1. The Morgan fingerprint density at radius 3 is 2.50 bits per heavy atom. The Balaban J connectivity index is 2.17. The van der Waals surface area contributed by atoms with Crippen molar-refractivity contribution in [1.29, 1.82) is 0 Å². The fraction of sp³-hybridized carbons (Fsp3) is 0.500. The van der Waals surface area contributed by atoms with Crippen molar-refractivity contribution in [2.45, 2.75) is 45.6 Å². The first-order valence-corrected chi connectivity index (χ1v) is 10.2. The van der Waals surface area contributed by atoms with Gasteiger partial charge in [-0.25, -0.2) is 9.59 Å². The van der Waals surface area contributed by atoms with Gasteiger partial charge in [-0.3, -0.25) is 4.79 Å². The highest BCUT2D eigenvalue weighted by atomic mass is 16.6. The number of amides is 3. The molecule has 1 aliphatic heterocycles. The molecule has 1 aromatic rings. The van der Waals surface area contributed by atoms with Crippen molar-refractivity contribution in [3.63, 3.8) is 0 Å². The monoisotopic (exact) mass is 417 g/mol. The molecule has 1 atom stereocenters. The number of benzene rings is 1. The van der Waals surface area contributed by atoms with E-state index in [1.807, 2.05) is 0 Å². The number of unbranched alkanes of at least 4 members (excludes halogenated alkanes) is 2. The molecule has 0 radical (unpaired) electrons. The number of allylic oxidation sites excluding steroid dienone is 1. The van der Waals surface area contributed by atoms with Gasteiger partial charge in [0.2, 0.25) is 5.91 Å². The lowest BCUT2D eigenvalue weighted by Gasteiger charge is -2.33. The Kier molecular flexibility index (Phi) is 8.86. The summed E-state index contributed by atoms with van der Waals surface area (Å²) in [6.45, 7) is 4.22. The molecule has 3 amide bonds. The summed E-state index contributed by atoms with van der Waals surface area (Å²) in [5.74, 6) is -0.531. The molecule has 0 spiro atoms. The predicted molar refractivity (Wildman–Crippen MR) is 114 cm³/mol. The number of rotatable bonds is 10. The molecular formula is C22H31N3O5. The van der Waals surface area contributed by atoms with E-state index >= 15 is 0 Å². The lowest BCUT2D eigenvalue weighted by Crippen LogP contribution is -2.46. The molecule has 0 unspecified atom stereocenters. The summed E-state index contributed by atoms with van der Waals surface area (Å²) in [5, 5.41) is 5.71. The summed E-state index contributed by atoms with van der Waals surface area (Å²) < 4.78 is 10.2. The Morgan fingerprint density at radius 2 is 1.87 bits per heavy atom. The summed E-state index contributed by atoms with van der Waals surface area (Å²) in [5.41, 5.74) is 2.28. The molecule has 0 aliphatic carbocycles. The second-order valence-corrected chi connectivity index (χ2v) is 7.20. The van der Waals surface area contributed by atoms with Crippen molar-refractivity contribution in [2.75, 3.05) is 32.7 Å². The van der Waals surface area contributed by atoms with Gasteiger partial charge in [0.05, 0.1) is 18.2 Å². The maximum absolute atomic E-state index is 12.7. The highest BCUT2D eigenvalue weighted by Crippen LogP contribution is 2.31. The first-order valence-electron chi connectivity index (χ1n) is 10.2. The lowest BCUT2D eigenvalue weighted by atomic mass is 9.95. The number of nitrogens with zero attached hydrogens (tertiary/aromatic N) is 1. The van der Waals surface area contributed by atoms with E-state index in [1.165, 1.54) is 12.0 Å². The van der Waals surface area contributed by atoms with Gasteiger partial charge in [0.1, 0.15) is 6.61 Å². The Morgan fingerprint density at radius 1 is 1.17 bits per heavy atom. The normalized spacial score (nSPS) is 16.3. The topological polar surface area (TPSA) is 97.0 Å². The van der Waals surface area contributed by atoms with Crippen LogP contribution in [0.4, 0.5) is 10.5 Å². The number of carbonyl (C=O) groups excluding carboxylic acids is 3. The van der Waals surface area contributed by atoms with Crippen LogP contribution < -0.4 is 10.6 Å². The molecule has 0 bridgehead atoms. The van der Waals surface area contributed by atoms with Gasteiger partial charge >= 0.3 is 12.0 Å². The second-order valence-electron chi connectivity index (χ2n) is 7.20. The predicted octanol–water partition coefficient (Wildman–Crippen LogP) is 3.37. The van der Waals surface area contributed by atoms with E-state index in [0.717, 1.165) is 24.8 Å². The van der Waals surface area contributed by atoms with E-state index in [1.54, 1.807) is 38.2 Å². The highest BCUT2D eigenvalue weighted by Gasteiger charge is 2.35. The van der Waals surface area contributed by atoms with Crippen molar-refractivity contribution in [3.05, 3.63) is 41.1 Å². The smallest absolute Gasteiger partial charge is 0.338 e. The van der Waals surface area contributed by atoms with Crippen LogP contribution in [0.15, 0.2) is 35.5 Å². The summed E-state index contributed by atoms with van der Waals surface area (Å²) >= 11 is 0. The molecular weight excluding hydrogens is 386 g/mol. The van der Waals surface area contributed by atoms with Crippen molar-refractivity contribution in [1.82, 2.24) is 10.2 Å². The molecule has 0 fully saturated rings. The fourth-order valence-electron chi connectivity index (χ4n) is 3.16. The maximum Gasteiger partial charge on any atom is 0.338 e. The van der Waals surface area contributed by atoms with Gasteiger partial charge < -0.3 is 25.0 Å². The van der Waals surface area contributed by atoms with Crippen molar-refractivity contribution >= 4 is 23.6 Å². The minimum Gasteiger partial charge on any atom is -0.460 e. The molecule has 0 aromatic heterocycles. The van der Waals surface area contributed by atoms with Gasteiger partial charge in [0.25, 0.3) is 0 Å². The number of carbonyl (C=O) groups is 3. The quantitative estimate of drug-likeness (QED) is 0.449.